The number of aliphatic hydroxyl groups excluding tert-OH is 1. The highest BCUT2D eigenvalue weighted by Gasteiger charge is 2.28. The second kappa shape index (κ2) is 5.41. The van der Waals surface area contributed by atoms with E-state index in [1.54, 1.807) is 7.05 Å². The van der Waals surface area contributed by atoms with Crippen molar-refractivity contribution in [1.82, 2.24) is 4.90 Å². The Morgan fingerprint density at radius 3 is 2.43 bits per heavy atom. The van der Waals surface area contributed by atoms with E-state index < -0.39 is 0 Å². The minimum atomic E-state index is -0.373. The summed E-state index contributed by atoms with van der Waals surface area (Å²) in [6.45, 7) is 5.59. The number of azo groups is 1. The van der Waals surface area contributed by atoms with Crippen LogP contribution in [0.1, 0.15) is 26.7 Å². The highest BCUT2D eigenvalue weighted by atomic mass is 16.3. The van der Waals surface area contributed by atoms with Crippen LogP contribution < -0.4 is 0 Å². The molecule has 0 amide bonds. The minimum Gasteiger partial charge on any atom is -0.390 e. The maximum Gasteiger partial charge on any atom is 0.0880 e. The third kappa shape index (κ3) is 3.03. The molecule has 0 aromatic rings. The van der Waals surface area contributed by atoms with Gasteiger partial charge in [0.25, 0.3) is 0 Å². The summed E-state index contributed by atoms with van der Waals surface area (Å²) in [4.78, 5) is 2.36. The SMILES string of the molecule is C/N=N\C[C@H](O)CN1C(C)CCC1C. The molecule has 82 valence electrons. The van der Waals surface area contributed by atoms with Gasteiger partial charge in [-0.1, -0.05) is 0 Å². The van der Waals surface area contributed by atoms with E-state index in [1.165, 1.54) is 12.8 Å². The number of nitrogens with zero attached hydrogens (tertiary/aromatic N) is 3. The van der Waals surface area contributed by atoms with Crippen LogP contribution in [0.4, 0.5) is 0 Å². The van der Waals surface area contributed by atoms with Gasteiger partial charge in [0.05, 0.1) is 12.6 Å². The summed E-state index contributed by atoms with van der Waals surface area (Å²) >= 11 is 0. The second-order valence-electron chi connectivity index (χ2n) is 4.15. The molecule has 1 fully saturated rings. The Hall–Kier alpha value is -0.480. The lowest BCUT2D eigenvalue weighted by atomic mass is 10.2. The average Bonchev–Trinajstić information content (AvgIpc) is 2.46. The Morgan fingerprint density at radius 1 is 1.36 bits per heavy atom. The summed E-state index contributed by atoms with van der Waals surface area (Å²) in [5.41, 5.74) is 0. The van der Waals surface area contributed by atoms with Crippen LogP contribution in [0.25, 0.3) is 0 Å². The van der Waals surface area contributed by atoms with Gasteiger partial charge < -0.3 is 5.11 Å². The molecular formula is C10H21N3O. The van der Waals surface area contributed by atoms with Crippen molar-refractivity contribution in [2.24, 2.45) is 10.2 Å². The van der Waals surface area contributed by atoms with Crippen molar-refractivity contribution >= 4 is 0 Å². The zero-order valence-electron chi connectivity index (χ0n) is 9.35. The topological polar surface area (TPSA) is 48.2 Å². The Balaban J connectivity index is 2.34. The molecule has 2 unspecified atom stereocenters. The number of hydrogen-bond donors (Lipinski definition) is 1. The Kier molecular flexibility index (Phi) is 4.48. The van der Waals surface area contributed by atoms with Crippen LogP contribution in [-0.2, 0) is 0 Å². The molecule has 1 aliphatic heterocycles. The largest absolute Gasteiger partial charge is 0.390 e. The van der Waals surface area contributed by atoms with E-state index in [1.807, 2.05) is 0 Å². The maximum atomic E-state index is 9.68. The van der Waals surface area contributed by atoms with Crippen molar-refractivity contribution in [2.45, 2.75) is 44.9 Å². The Labute approximate surface area is 86.0 Å². The molecule has 1 rings (SSSR count). The Morgan fingerprint density at radius 2 is 1.93 bits per heavy atom. The van der Waals surface area contributed by atoms with Crippen LogP contribution in [0.15, 0.2) is 10.2 Å². The van der Waals surface area contributed by atoms with Crippen LogP contribution in [0, 0.1) is 0 Å². The molecule has 0 aromatic heterocycles. The molecule has 14 heavy (non-hydrogen) atoms. The summed E-state index contributed by atoms with van der Waals surface area (Å²) in [6.07, 6.45) is 2.11. The molecule has 1 aliphatic rings. The third-order valence-electron chi connectivity index (χ3n) is 2.99. The first-order valence-electron chi connectivity index (χ1n) is 5.34. The number of β-amino-alcohol motifs (C(OH)–C–C–N with tert-alkyl or cyclic N) is 1. The molecule has 0 spiro atoms. The summed E-state index contributed by atoms with van der Waals surface area (Å²) in [5, 5.41) is 17.1. The quantitative estimate of drug-likeness (QED) is 0.694. The smallest absolute Gasteiger partial charge is 0.0880 e. The lowest BCUT2D eigenvalue weighted by molar-refractivity contribution is 0.0958. The van der Waals surface area contributed by atoms with Crippen LogP contribution in [0.5, 0.6) is 0 Å². The molecule has 1 saturated heterocycles. The lowest BCUT2D eigenvalue weighted by Crippen LogP contribution is -2.39. The van der Waals surface area contributed by atoms with Gasteiger partial charge in [-0.05, 0) is 26.7 Å². The zero-order valence-corrected chi connectivity index (χ0v) is 9.35. The first-order chi connectivity index (χ1) is 6.65. The zero-order chi connectivity index (χ0) is 10.6. The van der Waals surface area contributed by atoms with Gasteiger partial charge >= 0.3 is 0 Å². The molecule has 1 N–H and O–H groups in total. The van der Waals surface area contributed by atoms with E-state index in [-0.39, 0.29) is 6.10 Å². The molecule has 4 nitrogen and oxygen atoms in total. The third-order valence-corrected chi connectivity index (χ3v) is 2.99. The van der Waals surface area contributed by atoms with E-state index in [0.29, 0.717) is 18.6 Å². The van der Waals surface area contributed by atoms with Gasteiger partial charge in [0.1, 0.15) is 0 Å². The van der Waals surface area contributed by atoms with Gasteiger partial charge in [-0.2, -0.15) is 10.2 Å². The summed E-state index contributed by atoms with van der Waals surface area (Å²) in [7, 11) is 1.63. The highest BCUT2D eigenvalue weighted by molar-refractivity contribution is 4.83. The molecule has 3 atom stereocenters. The first-order valence-corrected chi connectivity index (χ1v) is 5.34. The monoisotopic (exact) mass is 199 g/mol. The van der Waals surface area contributed by atoms with Gasteiger partial charge in [-0.15, -0.1) is 0 Å². The molecule has 0 radical (unpaired) electrons. The van der Waals surface area contributed by atoms with Gasteiger partial charge in [-0.25, -0.2) is 0 Å². The fourth-order valence-electron chi connectivity index (χ4n) is 2.09. The molecule has 4 heteroatoms. The van der Waals surface area contributed by atoms with Gasteiger partial charge in [0.15, 0.2) is 0 Å². The molecule has 0 bridgehead atoms. The second-order valence-corrected chi connectivity index (χ2v) is 4.15. The highest BCUT2D eigenvalue weighted by Crippen LogP contribution is 2.23. The van der Waals surface area contributed by atoms with Crippen molar-refractivity contribution in [3.63, 3.8) is 0 Å². The van der Waals surface area contributed by atoms with E-state index in [2.05, 4.69) is 29.0 Å². The number of likely N-dealkylation sites (tertiary alicyclic amines) is 1. The van der Waals surface area contributed by atoms with E-state index >= 15 is 0 Å². The summed E-state index contributed by atoms with van der Waals surface area (Å²) in [5.74, 6) is 0. The Bertz CT molecular complexity index is 186. The van der Waals surface area contributed by atoms with Gasteiger partial charge in [-0.3, -0.25) is 4.90 Å². The van der Waals surface area contributed by atoms with Crippen molar-refractivity contribution in [3.8, 4) is 0 Å². The molecular weight excluding hydrogens is 178 g/mol. The fraction of sp³-hybridized carbons (Fsp3) is 1.00. The van der Waals surface area contributed by atoms with Gasteiger partial charge in [0.2, 0.25) is 0 Å². The van der Waals surface area contributed by atoms with E-state index in [4.69, 9.17) is 0 Å². The molecule has 1 heterocycles. The molecule has 0 saturated carbocycles. The van der Waals surface area contributed by atoms with E-state index in [0.717, 1.165) is 6.54 Å². The maximum absolute atomic E-state index is 9.68. The van der Waals surface area contributed by atoms with Crippen molar-refractivity contribution in [1.29, 1.82) is 0 Å². The lowest BCUT2D eigenvalue weighted by Gasteiger charge is -2.27. The average molecular weight is 199 g/mol. The van der Waals surface area contributed by atoms with Crippen molar-refractivity contribution in [3.05, 3.63) is 0 Å². The minimum absolute atomic E-state index is 0.373. The van der Waals surface area contributed by atoms with Gasteiger partial charge in [0, 0.05) is 25.7 Å². The predicted molar refractivity (Wildman–Crippen MR) is 56.5 cm³/mol. The van der Waals surface area contributed by atoms with Crippen molar-refractivity contribution in [2.75, 3.05) is 20.1 Å². The number of aliphatic hydroxyl groups is 1. The summed E-state index contributed by atoms with van der Waals surface area (Å²) < 4.78 is 0. The normalized spacial score (nSPS) is 31.4. The number of hydrogen-bond acceptors (Lipinski definition) is 4. The van der Waals surface area contributed by atoms with Crippen molar-refractivity contribution < 1.29 is 5.11 Å². The van der Waals surface area contributed by atoms with Crippen LogP contribution in [-0.4, -0.2) is 48.3 Å². The molecule has 0 aromatic carbocycles. The predicted octanol–water partition coefficient (Wildman–Crippen LogP) is 1.30. The number of rotatable bonds is 4. The van der Waals surface area contributed by atoms with Crippen LogP contribution >= 0.6 is 0 Å². The first kappa shape index (κ1) is 11.6. The standard InChI is InChI=1S/C10H21N3O/c1-8-4-5-9(2)13(8)7-10(14)6-12-11-3/h8-10,14H,4-7H2,1-3H3/b12-11-/t8?,9?,10-/m0/s1. The molecule has 0 aliphatic carbocycles. The van der Waals surface area contributed by atoms with E-state index in [9.17, 15) is 5.11 Å². The van der Waals surface area contributed by atoms with Crippen LogP contribution in [0.2, 0.25) is 0 Å². The van der Waals surface area contributed by atoms with Crippen LogP contribution in [0.3, 0.4) is 0 Å². The fourth-order valence-corrected chi connectivity index (χ4v) is 2.09. The summed E-state index contributed by atoms with van der Waals surface area (Å²) in [6, 6.07) is 1.19.